The smallest absolute Gasteiger partial charge is 0.262 e. The zero-order valence-corrected chi connectivity index (χ0v) is 18.7. The second kappa shape index (κ2) is 8.94. The quantitative estimate of drug-likeness (QED) is 0.664. The van der Waals surface area contributed by atoms with Crippen LogP contribution >= 0.6 is 0 Å². The first-order valence-corrected chi connectivity index (χ1v) is 11.1. The third-order valence-corrected chi connectivity index (χ3v) is 6.85. The summed E-state index contributed by atoms with van der Waals surface area (Å²) < 4.78 is 32.3. The van der Waals surface area contributed by atoms with E-state index in [-0.39, 0.29) is 29.7 Å². The van der Waals surface area contributed by atoms with Crippen LogP contribution in [0, 0.1) is 6.92 Å². The van der Waals surface area contributed by atoms with E-state index in [1.54, 1.807) is 13.0 Å². The highest BCUT2D eigenvalue weighted by atomic mass is 32.2. The topological polar surface area (TPSA) is 108 Å². The van der Waals surface area contributed by atoms with E-state index < -0.39 is 15.9 Å². The van der Waals surface area contributed by atoms with Gasteiger partial charge in [0, 0.05) is 39.4 Å². The Morgan fingerprint density at radius 2 is 1.84 bits per heavy atom. The first-order valence-electron chi connectivity index (χ1n) is 9.64. The van der Waals surface area contributed by atoms with Crippen molar-refractivity contribution in [3.63, 3.8) is 0 Å². The average molecular weight is 447 g/mol. The van der Waals surface area contributed by atoms with E-state index in [1.165, 1.54) is 13.1 Å². The summed E-state index contributed by atoms with van der Waals surface area (Å²) in [6.45, 7) is 1.42. The van der Waals surface area contributed by atoms with E-state index >= 15 is 0 Å². The summed E-state index contributed by atoms with van der Waals surface area (Å²) in [5.74, 6) is -0.433. The summed E-state index contributed by atoms with van der Waals surface area (Å²) in [7, 11) is 1.30. The first kappa shape index (κ1) is 22.6. The van der Waals surface area contributed by atoms with Gasteiger partial charge in [-0.2, -0.15) is 4.31 Å². The van der Waals surface area contributed by atoms with Crippen molar-refractivity contribution in [2.24, 2.45) is 0 Å². The lowest BCUT2D eigenvalue weighted by Gasteiger charge is -2.22. The molecular weight excluding hydrogens is 420 g/mol. The van der Waals surface area contributed by atoms with Crippen molar-refractivity contribution < 1.29 is 22.7 Å². The van der Waals surface area contributed by atoms with Gasteiger partial charge in [-0.3, -0.25) is 9.59 Å². The number of carbonyl (C=O) groups is 2. The molecule has 0 saturated carbocycles. The highest BCUT2D eigenvalue weighted by Crippen LogP contribution is 2.33. The Balaban J connectivity index is 1.65. The fourth-order valence-electron chi connectivity index (χ4n) is 3.12. The van der Waals surface area contributed by atoms with E-state index in [0.717, 1.165) is 15.6 Å². The van der Waals surface area contributed by atoms with Crippen LogP contribution in [0.4, 0.5) is 11.4 Å². The number of nitrogens with one attached hydrogen (secondary N) is 2. The fourth-order valence-corrected chi connectivity index (χ4v) is 4.46. The van der Waals surface area contributed by atoms with Crippen molar-refractivity contribution in [3.05, 3.63) is 47.5 Å². The van der Waals surface area contributed by atoms with Gasteiger partial charge in [-0.15, -0.1) is 0 Å². The van der Waals surface area contributed by atoms with Gasteiger partial charge < -0.3 is 20.3 Å². The van der Waals surface area contributed by atoms with Crippen LogP contribution < -0.4 is 20.3 Å². The van der Waals surface area contributed by atoms with Gasteiger partial charge in [-0.05, 0) is 36.2 Å². The number of aryl methyl sites for hydroxylation is 1. The Morgan fingerprint density at radius 3 is 2.48 bits per heavy atom. The van der Waals surface area contributed by atoms with Crippen LogP contribution in [0.1, 0.15) is 11.1 Å². The second-order valence-electron chi connectivity index (χ2n) is 7.55. The molecule has 2 aromatic carbocycles. The lowest BCUT2D eigenvalue weighted by Crippen LogP contribution is -2.38. The fraction of sp³-hybridized carbons (Fsp3) is 0.333. The normalized spacial score (nSPS) is 13.3. The van der Waals surface area contributed by atoms with Gasteiger partial charge in [-0.25, -0.2) is 8.42 Å². The molecule has 2 N–H and O–H groups in total. The molecule has 0 aliphatic carbocycles. The molecule has 0 aromatic heterocycles. The number of likely N-dealkylation sites (N-methyl/N-ethyl adjacent to an activating group) is 1. The third-order valence-electron chi connectivity index (χ3n) is 4.91. The summed E-state index contributed by atoms with van der Waals surface area (Å²) in [4.78, 5) is 25.8. The van der Waals surface area contributed by atoms with Gasteiger partial charge in [0.2, 0.25) is 15.9 Å². The highest BCUT2D eigenvalue weighted by Gasteiger charge is 2.28. The summed E-state index contributed by atoms with van der Waals surface area (Å²) in [5, 5.41) is 5.38. The number of hydrogen-bond acceptors (Lipinski definition) is 6. The zero-order chi connectivity index (χ0) is 22.8. The minimum Gasteiger partial charge on any atom is -0.482 e. The Bertz CT molecular complexity index is 1100. The van der Waals surface area contributed by atoms with E-state index in [2.05, 4.69) is 10.6 Å². The van der Waals surface area contributed by atoms with Crippen LogP contribution in [0.25, 0.3) is 0 Å². The maximum Gasteiger partial charge on any atom is 0.262 e. The number of carbonyl (C=O) groups excluding carboxylic acids is 2. The predicted octanol–water partition coefficient (Wildman–Crippen LogP) is 1.33. The number of anilines is 2. The van der Waals surface area contributed by atoms with Crippen molar-refractivity contribution in [3.8, 4) is 5.75 Å². The van der Waals surface area contributed by atoms with Crippen LogP contribution in [0.2, 0.25) is 0 Å². The summed E-state index contributed by atoms with van der Waals surface area (Å²) >= 11 is 0. The van der Waals surface area contributed by atoms with Crippen molar-refractivity contribution >= 4 is 33.2 Å². The lowest BCUT2D eigenvalue weighted by atomic mass is 10.2. The average Bonchev–Trinajstić information content (AvgIpc) is 2.71. The molecule has 0 spiro atoms. The number of benzene rings is 2. The number of sulfonamides is 1. The molecule has 9 nitrogen and oxygen atoms in total. The number of hydrogen-bond donors (Lipinski definition) is 2. The second-order valence-corrected chi connectivity index (χ2v) is 9.56. The van der Waals surface area contributed by atoms with Crippen molar-refractivity contribution in [2.75, 3.05) is 44.5 Å². The van der Waals surface area contributed by atoms with Gasteiger partial charge in [-0.1, -0.05) is 12.1 Å². The minimum absolute atomic E-state index is 0.0250. The Morgan fingerprint density at radius 1 is 1.16 bits per heavy atom. The molecule has 0 unspecified atom stereocenters. The Hall–Kier alpha value is -3.11. The molecule has 1 aliphatic rings. The predicted molar refractivity (Wildman–Crippen MR) is 118 cm³/mol. The molecule has 31 heavy (non-hydrogen) atoms. The number of fused-ring (bicyclic) bond motifs is 1. The zero-order valence-electron chi connectivity index (χ0n) is 17.9. The maximum atomic E-state index is 13.0. The van der Waals surface area contributed by atoms with Crippen LogP contribution in [-0.2, 0) is 26.2 Å². The standard InChI is InChI=1S/C21H26N4O5S/c1-14-9-17-18(30-13-21(27)23-17)10-19(14)31(28,29)25(4)12-20(26)22-11-15-5-7-16(8-6-15)24(2)3/h5-10H,11-13H2,1-4H3,(H,22,26)(H,23,27). The van der Waals surface area contributed by atoms with Crippen molar-refractivity contribution in [2.45, 2.75) is 18.4 Å². The van der Waals surface area contributed by atoms with Crippen LogP contribution in [0.5, 0.6) is 5.75 Å². The highest BCUT2D eigenvalue weighted by molar-refractivity contribution is 7.89. The Kier molecular flexibility index (Phi) is 6.51. The SMILES string of the molecule is Cc1cc2c(cc1S(=O)(=O)N(C)CC(=O)NCc1ccc(N(C)C)cc1)OCC(=O)N2. The number of ether oxygens (including phenoxy) is 1. The molecule has 2 amide bonds. The molecule has 1 aliphatic heterocycles. The van der Waals surface area contributed by atoms with Gasteiger partial charge in [0.15, 0.2) is 6.61 Å². The van der Waals surface area contributed by atoms with Crippen molar-refractivity contribution in [1.29, 1.82) is 0 Å². The van der Waals surface area contributed by atoms with Crippen LogP contribution in [0.3, 0.4) is 0 Å². The number of nitrogens with zero attached hydrogens (tertiary/aromatic N) is 2. The lowest BCUT2D eigenvalue weighted by molar-refractivity contribution is -0.121. The number of rotatable bonds is 7. The van der Waals surface area contributed by atoms with Crippen LogP contribution in [0.15, 0.2) is 41.3 Å². The molecule has 0 radical (unpaired) electrons. The molecule has 1 heterocycles. The van der Waals surface area contributed by atoms with Crippen molar-refractivity contribution in [1.82, 2.24) is 9.62 Å². The van der Waals surface area contributed by atoms with E-state index in [4.69, 9.17) is 4.74 Å². The molecule has 166 valence electrons. The molecule has 10 heteroatoms. The van der Waals surface area contributed by atoms with E-state index in [0.29, 0.717) is 17.8 Å². The summed E-state index contributed by atoms with van der Waals surface area (Å²) in [6.07, 6.45) is 0. The van der Waals surface area contributed by atoms with Gasteiger partial charge in [0.25, 0.3) is 5.91 Å². The van der Waals surface area contributed by atoms with Crippen LogP contribution in [-0.4, -0.2) is 58.8 Å². The third kappa shape index (κ3) is 5.15. The molecule has 0 fully saturated rings. The number of amides is 2. The molecule has 0 bridgehead atoms. The van der Waals surface area contributed by atoms with Gasteiger partial charge >= 0.3 is 0 Å². The largest absolute Gasteiger partial charge is 0.482 e. The van der Waals surface area contributed by atoms with Gasteiger partial charge in [0.1, 0.15) is 5.75 Å². The molecule has 3 rings (SSSR count). The summed E-state index contributed by atoms with van der Waals surface area (Å²) in [6, 6.07) is 10.6. The molecular formula is C21H26N4O5S. The first-order chi connectivity index (χ1) is 14.6. The van der Waals surface area contributed by atoms with E-state index in [9.17, 15) is 18.0 Å². The minimum atomic E-state index is -3.94. The summed E-state index contributed by atoms with van der Waals surface area (Å²) in [5.41, 5.74) is 2.82. The maximum absolute atomic E-state index is 13.0. The molecule has 0 saturated heterocycles. The van der Waals surface area contributed by atoms with E-state index in [1.807, 2.05) is 43.3 Å². The van der Waals surface area contributed by atoms with Gasteiger partial charge in [0.05, 0.1) is 17.1 Å². The molecule has 2 aromatic rings. The Labute approximate surface area is 182 Å². The molecule has 0 atom stereocenters. The monoisotopic (exact) mass is 446 g/mol.